The van der Waals surface area contributed by atoms with Crippen molar-refractivity contribution in [3.05, 3.63) is 113 Å². The summed E-state index contributed by atoms with van der Waals surface area (Å²) < 4.78 is 26.1. The number of amides is 1. The zero-order valence-corrected chi connectivity index (χ0v) is 18.6. The Kier molecular flexibility index (Phi) is 6.01. The molecule has 0 radical (unpaired) electrons. The lowest BCUT2D eigenvalue weighted by molar-refractivity contribution is 0.0992. The number of nitrogens with one attached hydrogen (secondary N) is 1. The van der Waals surface area contributed by atoms with E-state index in [1.807, 2.05) is 42.5 Å². The van der Waals surface area contributed by atoms with E-state index in [1.165, 1.54) is 12.1 Å². The van der Waals surface area contributed by atoms with Gasteiger partial charge in [-0.2, -0.15) is 5.10 Å². The molecule has 5 aromatic rings. The van der Waals surface area contributed by atoms with Gasteiger partial charge >= 0.3 is 0 Å². The highest BCUT2D eigenvalue weighted by Gasteiger charge is 2.16. The van der Waals surface area contributed by atoms with Crippen LogP contribution < -0.4 is 10.1 Å². The fraction of sp³-hybridized carbons (Fsp3) is 0.0769. The molecule has 1 amide bonds. The second-order valence-corrected chi connectivity index (χ2v) is 8.07. The Morgan fingerprint density at radius 2 is 1.82 bits per heavy atom. The van der Waals surface area contributed by atoms with E-state index in [-0.39, 0.29) is 29.0 Å². The number of halogens is 2. The fourth-order valence-electron chi connectivity index (χ4n) is 3.50. The summed E-state index contributed by atoms with van der Waals surface area (Å²) in [6.45, 7) is 0.561. The fourth-order valence-corrected chi connectivity index (χ4v) is 3.70. The molecule has 0 saturated heterocycles. The molecule has 5 rings (SSSR count). The highest BCUT2D eigenvalue weighted by atomic mass is 35.5. The molecule has 1 N–H and O–H groups in total. The Bertz CT molecular complexity index is 1460. The maximum absolute atomic E-state index is 13.1. The largest absolute Gasteiger partial charge is 0.486 e. The van der Waals surface area contributed by atoms with E-state index in [2.05, 4.69) is 10.4 Å². The normalized spacial score (nSPS) is 11.0. The van der Waals surface area contributed by atoms with E-state index >= 15 is 0 Å². The minimum Gasteiger partial charge on any atom is -0.486 e. The van der Waals surface area contributed by atoms with Crippen LogP contribution in [-0.4, -0.2) is 15.7 Å². The molecule has 0 bridgehead atoms. The van der Waals surface area contributed by atoms with Crippen molar-refractivity contribution in [1.82, 2.24) is 9.78 Å². The van der Waals surface area contributed by atoms with Crippen LogP contribution in [0.3, 0.4) is 0 Å². The number of rotatable bonds is 7. The molecule has 0 atom stereocenters. The average Bonchev–Trinajstić information content (AvgIpc) is 3.45. The molecule has 8 heteroatoms. The van der Waals surface area contributed by atoms with Gasteiger partial charge in [0.2, 0.25) is 0 Å². The minimum atomic E-state index is -0.481. The Balaban J connectivity index is 1.20. The van der Waals surface area contributed by atoms with Crippen molar-refractivity contribution in [3.63, 3.8) is 0 Å². The van der Waals surface area contributed by atoms with E-state index in [1.54, 1.807) is 35.1 Å². The number of hydrogen-bond acceptors (Lipinski definition) is 4. The summed E-state index contributed by atoms with van der Waals surface area (Å²) in [7, 11) is 0. The van der Waals surface area contributed by atoms with Crippen LogP contribution >= 0.6 is 11.6 Å². The van der Waals surface area contributed by atoms with Crippen molar-refractivity contribution in [3.8, 4) is 5.75 Å². The lowest BCUT2D eigenvalue weighted by Gasteiger charge is -2.06. The van der Waals surface area contributed by atoms with Gasteiger partial charge in [-0.15, -0.1) is 0 Å². The summed E-state index contributed by atoms with van der Waals surface area (Å²) in [4.78, 5) is 12.6. The van der Waals surface area contributed by atoms with Gasteiger partial charge in [0.05, 0.1) is 6.54 Å². The summed E-state index contributed by atoms with van der Waals surface area (Å²) in [6, 6.07) is 23.2. The van der Waals surface area contributed by atoms with E-state index < -0.39 is 5.91 Å². The first-order valence-corrected chi connectivity index (χ1v) is 10.9. The third-order valence-electron chi connectivity index (χ3n) is 5.19. The summed E-state index contributed by atoms with van der Waals surface area (Å²) in [5.74, 6) is 0.743. The number of benzene rings is 3. The van der Waals surface area contributed by atoms with Crippen molar-refractivity contribution in [2.75, 3.05) is 5.32 Å². The topological polar surface area (TPSA) is 69.3 Å². The van der Waals surface area contributed by atoms with Gasteiger partial charge in [0.1, 0.15) is 29.0 Å². The van der Waals surface area contributed by atoms with Crippen LogP contribution in [0, 0.1) is 5.82 Å². The standard InChI is InChI=1S/C26H19ClFN3O3/c27-23-15-31(14-17-5-8-20(28)9-6-17)30-25(23)29-26(32)24-12-11-22(34-24)16-33-21-10-7-18-3-1-2-4-19(18)13-21/h1-13,15H,14,16H2,(H,29,30,32). The lowest BCUT2D eigenvalue weighted by atomic mass is 10.1. The molecule has 0 aliphatic carbocycles. The van der Waals surface area contributed by atoms with Crippen LogP contribution in [0.4, 0.5) is 10.2 Å². The van der Waals surface area contributed by atoms with Gasteiger partial charge in [-0.25, -0.2) is 4.39 Å². The third kappa shape index (κ3) is 4.94. The van der Waals surface area contributed by atoms with Crippen LogP contribution in [0.5, 0.6) is 5.75 Å². The summed E-state index contributed by atoms with van der Waals surface area (Å²) >= 11 is 6.22. The van der Waals surface area contributed by atoms with E-state index in [9.17, 15) is 9.18 Å². The number of nitrogens with zero attached hydrogens (tertiary/aromatic N) is 2. The van der Waals surface area contributed by atoms with Gasteiger partial charge in [-0.1, -0.05) is 54.1 Å². The first-order valence-electron chi connectivity index (χ1n) is 10.5. The monoisotopic (exact) mass is 475 g/mol. The van der Waals surface area contributed by atoms with Crippen LogP contribution in [0.25, 0.3) is 10.8 Å². The van der Waals surface area contributed by atoms with Gasteiger partial charge in [0.25, 0.3) is 5.91 Å². The Morgan fingerprint density at radius 3 is 2.65 bits per heavy atom. The van der Waals surface area contributed by atoms with Crippen LogP contribution in [0.15, 0.2) is 89.5 Å². The predicted molar refractivity (Wildman–Crippen MR) is 128 cm³/mol. The minimum absolute atomic E-state index is 0.112. The van der Waals surface area contributed by atoms with Gasteiger partial charge in [-0.05, 0) is 52.7 Å². The number of ether oxygens (including phenoxy) is 1. The van der Waals surface area contributed by atoms with Crippen molar-refractivity contribution >= 4 is 34.1 Å². The number of aromatic nitrogens is 2. The van der Waals surface area contributed by atoms with E-state index in [0.717, 1.165) is 16.3 Å². The molecule has 170 valence electrons. The Labute approximate surface area is 199 Å². The maximum atomic E-state index is 13.1. The number of fused-ring (bicyclic) bond motifs is 1. The van der Waals surface area contributed by atoms with Crippen molar-refractivity contribution in [2.24, 2.45) is 0 Å². The predicted octanol–water partition coefficient (Wildman–Crippen LogP) is 6.30. The number of anilines is 1. The Hall–Kier alpha value is -4.10. The molecule has 3 aromatic carbocycles. The molecule has 0 aliphatic rings. The zero-order valence-electron chi connectivity index (χ0n) is 17.9. The molecule has 0 saturated carbocycles. The van der Waals surface area contributed by atoms with E-state index in [0.29, 0.717) is 18.1 Å². The molecule has 2 heterocycles. The molecule has 6 nitrogen and oxygen atoms in total. The van der Waals surface area contributed by atoms with Crippen molar-refractivity contribution in [2.45, 2.75) is 13.2 Å². The second-order valence-electron chi connectivity index (χ2n) is 7.67. The molecule has 0 unspecified atom stereocenters. The van der Waals surface area contributed by atoms with Gasteiger partial charge in [0, 0.05) is 6.20 Å². The number of carbonyl (C=O) groups excluding carboxylic acids is 1. The molecular weight excluding hydrogens is 457 g/mol. The van der Waals surface area contributed by atoms with Gasteiger partial charge < -0.3 is 14.5 Å². The molecule has 0 aliphatic heterocycles. The SMILES string of the molecule is O=C(Nc1nn(Cc2ccc(F)cc2)cc1Cl)c1ccc(COc2ccc3ccccc3c2)o1. The highest BCUT2D eigenvalue weighted by Crippen LogP contribution is 2.23. The van der Waals surface area contributed by atoms with Gasteiger partial charge in [0.15, 0.2) is 11.6 Å². The van der Waals surface area contributed by atoms with Crippen molar-refractivity contribution in [1.29, 1.82) is 0 Å². The second kappa shape index (κ2) is 9.41. The Morgan fingerprint density at radius 1 is 1.03 bits per heavy atom. The van der Waals surface area contributed by atoms with E-state index in [4.69, 9.17) is 20.8 Å². The smallest absolute Gasteiger partial charge is 0.292 e. The number of furan rings is 1. The van der Waals surface area contributed by atoms with Crippen LogP contribution in [-0.2, 0) is 13.2 Å². The number of carbonyl (C=O) groups is 1. The number of hydrogen-bond donors (Lipinski definition) is 1. The quantitative estimate of drug-likeness (QED) is 0.300. The average molecular weight is 476 g/mol. The molecule has 0 fully saturated rings. The molecule has 2 aromatic heterocycles. The molecule has 0 spiro atoms. The van der Waals surface area contributed by atoms with Crippen molar-refractivity contribution < 1.29 is 18.3 Å². The third-order valence-corrected chi connectivity index (χ3v) is 5.47. The summed E-state index contributed by atoms with van der Waals surface area (Å²) in [6.07, 6.45) is 1.59. The molecular formula is C26H19ClFN3O3. The maximum Gasteiger partial charge on any atom is 0.292 e. The lowest BCUT2D eigenvalue weighted by Crippen LogP contribution is -2.12. The first-order chi connectivity index (χ1) is 16.5. The summed E-state index contributed by atoms with van der Waals surface area (Å²) in [5.41, 5.74) is 0.848. The summed E-state index contributed by atoms with van der Waals surface area (Å²) in [5, 5.41) is 9.43. The van der Waals surface area contributed by atoms with Gasteiger partial charge in [-0.3, -0.25) is 9.48 Å². The first kappa shape index (κ1) is 21.7. The molecule has 34 heavy (non-hydrogen) atoms. The van der Waals surface area contributed by atoms with Crippen LogP contribution in [0.1, 0.15) is 21.9 Å². The van der Waals surface area contributed by atoms with Crippen LogP contribution in [0.2, 0.25) is 5.02 Å². The zero-order chi connectivity index (χ0) is 23.5. The highest BCUT2D eigenvalue weighted by molar-refractivity contribution is 6.33.